The molecule has 0 radical (unpaired) electrons. The number of nitriles is 1. The van der Waals surface area contributed by atoms with E-state index < -0.39 is 5.91 Å². The van der Waals surface area contributed by atoms with Crippen LogP contribution in [0.3, 0.4) is 0 Å². The van der Waals surface area contributed by atoms with E-state index in [1.165, 1.54) is 19.3 Å². The van der Waals surface area contributed by atoms with Crippen molar-refractivity contribution in [3.05, 3.63) is 29.8 Å². The Morgan fingerprint density at radius 2 is 2.41 bits per heavy atom. The average molecular weight is 229 g/mol. The molecular formula is C10H7N5O2. The predicted molar refractivity (Wildman–Crippen MR) is 55.6 cm³/mol. The van der Waals surface area contributed by atoms with Crippen LogP contribution in [0.4, 0.5) is 0 Å². The van der Waals surface area contributed by atoms with E-state index >= 15 is 0 Å². The number of carbonyl (C=O) groups is 1. The van der Waals surface area contributed by atoms with E-state index in [2.05, 4.69) is 20.4 Å². The van der Waals surface area contributed by atoms with Crippen molar-refractivity contribution in [1.29, 1.82) is 5.26 Å². The Bertz CT molecular complexity index is 599. The molecule has 7 heteroatoms. The molecule has 0 saturated carbocycles. The molecule has 7 nitrogen and oxygen atoms in total. The van der Waals surface area contributed by atoms with E-state index in [4.69, 9.17) is 9.78 Å². The highest BCUT2D eigenvalue weighted by Gasteiger charge is 2.14. The molecule has 2 aromatic rings. The Morgan fingerprint density at radius 3 is 3.12 bits per heavy atom. The fraction of sp³-hybridized carbons (Fsp3) is 0.100. The van der Waals surface area contributed by atoms with E-state index in [1.54, 1.807) is 6.07 Å². The van der Waals surface area contributed by atoms with Gasteiger partial charge in [0.25, 0.3) is 17.6 Å². The summed E-state index contributed by atoms with van der Waals surface area (Å²) in [7, 11) is 1.47. The van der Waals surface area contributed by atoms with Crippen LogP contribution in [0.15, 0.2) is 22.9 Å². The van der Waals surface area contributed by atoms with Gasteiger partial charge in [-0.2, -0.15) is 10.2 Å². The summed E-state index contributed by atoms with van der Waals surface area (Å²) in [5.74, 6) is -0.324. The van der Waals surface area contributed by atoms with Gasteiger partial charge in [0.2, 0.25) is 0 Å². The number of nitrogens with one attached hydrogen (secondary N) is 1. The number of carbonyl (C=O) groups excluding carboxylic acids is 1. The van der Waals surface area contributed by atoms with Crippen LogP contribution in [0.25, 0.3) is 11.5 Å². The van der Waals surface area contributed by atoms with Crippen LogP contribution in [0, 0.1) is 11.3 Å². The van der Waals surface area contributed by atoms with Crippen molar-refractivity contribution in [2.75, 3.05) is 7.05 Å². The fourth-order valence-electron chi connectivity index (χ4n) is 1.17. The van der Waals surface area contributed by atoms with Crippen molar-refractivity contribution in [2.45, 2.75) is 0 Å². The molecule has 0 saturated heterocycles. The van der Waals surface area contributed by atoms with Gasteiger partial charge in [0, 0.05) is 18.8 Å². The zero-order chi connectivity index (χ0) is 12.3. The molecule has 0 fully saturated rings. The summed E-state index contributed by atoms with van der Waals surface area (Å²) >= 11 is 0. The Morgan fingerprint density at radius 1 is 1.59 bits per heavy atom. The smallest absolute Gasteiger partial charge is 0.292 e. The summed E-state index contributed by atoms with van der Waals surface area (Å²) in [6, 6.07) is 5.01. The van der Waals surface area contributed by atoms with E-state index in [0.29, 0.717) is 5.56 Å². The molecule has 2 rings (SSSR count). The topological polar surface area (TPSA) is 105 Å². The minimum absolute atomic E-state index is 0.0576. The van der Waals surface area contributed by atoms with Gasteiger partial charge >= 0.3 is 0 Å². The molecule has 2 aromatic heterocycles. The predicted octanol–water partition coefficient (Wildman–Crippen LogP) is 0.363. The first-order valence-corrected chi connectivity index (χ1v) is 4.67. The number of nitrogens with zero attached hydrogens (tertiary/aromatic N) is 4. The molecule has 2 heterocycles. The third-order valence-electron chi connectivity index (χ3n) is 1.98. The largest absolute Gasteiger partial charge is 0.352 e. The fourth-order valence-corrected chi connectivity index (χ4v) is 1.17. The van der Waals surface area contributed by atoms with Gasteiger partial charge < -0.3 is 9.84 Å². The van der Waals surface area contributed by atoms with Crippen LogP contribution in [0.2, 0.25) is 0 Å². The number of amides is 1. The van der Waals surface area contributed by atoms with Crippen LogP contribution >= 0.6 is 0 Å². The van der Waals surface area contributed by atoms with Gasteiger partial charge in [-0.25, -0.2) is 4.98 Å². The standard InChI is InChI=1S/C10H7N5O2/c1-12-9(16)8-14-10(17-15-8)6-2-3-13-7(4-6)5-11/h2-4H,1H3,(H,12,16). The van der Waals surface area contributed by atoms with Crippen molar-refractivity contribution >= 4 is 5.91 Å². The lowest BCUT2D eigenvalue weighted by Gasteiger charge is -1.92. The molecule has 1 N–H and O–H groups in total. The van der Waals surface area contributed by atoms with Gasteiger partial charge in [-0.15, -0.1) is 0 Å². The van der Waals surface area contributed by atoms with Crippen LogP contribution in [-0.4, -0.2) is 28.1 Å². The van der Waals surface area contributed by atoms with Crippen molar-refractivity contribution in [1.82, 2.24) is 20.4 Å². The Kier molecular flexibility index (Phi) is 2.79. The van der Waals surface area contributed by atoms with Gasteiger partial charge in [-0.3, -0.25) is 4.79 Å². The third-order valence-corrected chi connectivity index (χ3v) is 1.98. The SMILES string of the molecule is CNC(=O)c1noc(-c2ccnc(C#N)c2)n1. The Labute approximate surface area is 96.1 Å². The van der Waals surface area contributed by atoms with Gasteiger partial charge in [-0.1, -0.05) is 5.16 Å². The van der Waals surface area contributed by atoms with Crippen molar-refractivity contribution < 1.29 is 9.32 Å². The maximum atomic E-state index is 11.2. The average Bonchev–Trinajstić information content (AvgIpc) is 2.87. The van der Waals surface area contributed by atoms with Crippen LogP contribution in [0.5, 0.6) is 0 Å². The maximum absolute atomic E-state index is 11.2. The normalized spacial score (nSPS) is 9.65. The van der Waals surface area contributed by atoms with Crippen molar-refractivity contribution in [3.63, 3.8) is 0 Å². The third kappa shape index (κ3) is 2.10. The molecule has 17 heavy (non-hydrogen) atoms. The minimum Gasteiger partial charge on any atom is -0.352 e. The summed E-state index contributed by atoms with van der Waals surface area (Å²) in [6.07, 6.45) is 1.46. The van der Waals surface area contributed by atoms with E-state index in [-0.39, 0.29) is 17.4 Å². The highest BCUT2D eigenvalue weighted by atomic mass is 16.5. The highest BCUT2D eigenvalue weighted by molar-refractivity contribution is 5.90. The summed E-state index contributed by atoms with van der Waals surface area (Å²) in [6.45, 7) is 0. The van der Waals surface area contributed by atoms with Gasteiger partial charge in [-0.05, 0) is 12.1 Å². The van der Waals surface area contributed by atoms with Crippen molar-refractivity contribution in [3.8, 4) is 17.5 Å². The zero-order valence-corrected chi connectivity index (χ0v) is 8.84. The Balaban J connectivity index is 2.37. The molecule has 0 unspecified atom stereocenters. The molecule has 0 bridgehead atoms. The first-order valence-electron chi connectivity index (χ1n) is 4.67. The quantitative estimate of drug-likeness (QED) is 0.797. The Hall–Kier alpha value is -2.75. The van der Waals surface area contributed by atoms with Crippen LogP contribution < -0.4 is 5.32 Å². The van der Waals surface area contributed by atoms with Crippen LogP contribution in [0.1, 0.15) is 16.3 Å². The van der Waals surface area contributed by atoms with E-state index in [0.717, 1.165) is 0 Å². The monoisotopic (exact) mass is 229 g/mol. The van der Waals surface area contributed by atoms with Gasteiger partial charge in [0.15, 0.2) is 0 Å². The first-order chi connectivity index (χ1) is 8.24. The maximum Gasteiger partial charge on any atom is 0.292 e. The second-order valence-electron chi connectivity index (χ2n) is 3.04. The summed E-state index contributed by atoms with van der Waals surface area (Å²) in [5.41, 5.74) is 0.779. The molecule has 0 aliphatic carbocycles. The summed E-state index contributed by atoms with van der Waals surface area (Å²) < 4.78 is 4.91. The van der Waals surface area contributed by atoms with Gasteiger partial charge in [0.1, 0.15) is 11.8 Å². The molecule has 1 amide bonds. The lowest BCUT2D eigenvalue weighted by atomic mass is 10.2. The zero-order valence-electron chi connectivity index (χ0n) is 8.84. The lowest BCUT2D eigenvalue weighted by molar-refractivity contribution is 0.0950. The van der Waals surface area contributed by atoms with Crippen LogP contribution in [-0.2, 0) is 0 Å². The van der Waals surface area contributed by atoms with E-state index in [1.807, 2.05) is 6.07 Å². The molecule has 0 aromatic carbocycles. The minimum atomic E-state index is -0.436. The number of pyridine rings is 1. The summed E-state index contributed by atoms with van der Waals surface area (Å²) in [4.78, 5) is 18.9. The van der Waals surface area contributed by atoms with E-state index in [9.17, 15) is 4.79 Å². The second-order valence-corrected chi connectivity index (χ2v) is 3.04. The second kappa shape index (κ2) is 4.40. The van der Waals surface area contributed by atoms with Gasteiger partial charge in [0.05, 0.1) is 0 Å². The number of hydrogen-bond acceptors (Lipinski definition) is 6. The van der Waals surface area contributed by atoms with Crippen molar-refractivity contribution in [2.24, 2.45) is 0 Å². The molecular weight excluding hydrogens is 222 g/mol. The number of aromatic nitrogens is 3. The first kappa shape index (κ1) is 10.8. The molecule has 84 valence electrons. The molecule has 0 aliphatic rings. The lowest BCUT2D eigenvalue weighted by Crippen LogP contribution is -2.19. The summed E-state index contributed by atoms with van der Waals surface area (Å²) in [5, 5.41) is 14.6. The molecule has 0 atom stereocenters. The number of hydrogen-bond donors (Lipinski definition) is 1. The molecule has 0 aliphatic heterocycles. The highest BCUT2D eigenvalue weighted by Crippen LogP contribution is 2.16. The number of rotatable bonds is 2. The molecule has 0 spiro atoms.